The van der Waals surface area contributed by atoms with Crippen molar-refractivity contribution < 1.29 is 22.9 Å². The summed E-state index contributed by atoms with van der Waals surface area (Å²) < 4.78 is 35.1. The van der Waals surface area contributed by atoms with E-state index in [-0.39, 0.29) is 17.2 Å². The molecule has 46 heavy (non-hydrogen) atoms. The van der Waals surface area contributed by atoms with Gasteiger partial charge in [-0.15, -0.1) is 0 Å². The molecule has 240 valence electrons. The lowest BCUT2D eigenvalue weighted by molar-refractivity contribution is -0.141. The van der Waals surface area contributed by atoms with Crippen molar-refractivity contribution in [2.75, 3.05) is 11.5 Å². The molecular weight excluding hydrogens is 622 g/mol. The van der Waals surface area contributed by atoms with Crippen molar-refractivity contribution in [2.24, 2.45) is 11.3 Å². The van der Waals surface area contributed by atoms with Crippen LogP contribution in [0, 0.1) is 17.2 Å². The molecule has 10 heteroatoms. The Morgan fingerprint density at radius 2 is 2.09 bits per heavy atom. The molecule has 0 fully saturated rings. The van der Waals surface area contributed by atoms with E-state index in [9.17, 15) is 14.1 Å². The van der Waals surface area contributed by atoms with Crippen molar-refractivity contribution in [2.45, 2.75) is 68.6 Å². The van der Waals surface area contributed by atoms with Gasteiger partial charge in [0.25, 0.3) is 0 Å². The fourth-order valence-corrected chi connectivity index (χ4v) is 8.92. The number of aromatic amines is 1. The third kappa shape index (κ3) is 7.28. The van der Waals surface area contributed by atoms with Crippen molar-refractivity contribution in [3.8, 4) is 11.6 Å². The van der Waals surface area contributed by atoms with Crippen molar-refractivity contribution in [3.63, 3.8) is 0 Å². The van der Waals surface area contributed by atoms with E-state index in [4.69, 9.17) is 9.40 Å². The highest BCUT2D eigenvalue weighted by Crippen LogP contribution is 2.39. The van der Waals surface area contributed by atoms with Gasteiger partial charge in [-0.25, -0.2) is 9.37 Å². The Morgan fingerprint density at radius 3 is 2.91 bits per heavy atom. The van der Waals surface area contributed by atoms with Crippen LogP contribution in [0.15, 0.2) is 81.4 Å². The van der Waals surface area contributed by atoms with E-state index in [1.54, 1.807) is 19.4 Å². The van der Waals surface area contributed by atoms with Crippen LogP contribution in [-0.2, 0) is 28.4 Å². The maximum absolute atomic E-state index is 15.6. The van der Waals surface area contributed by atoms with E-state index in [0.717, 1.165) is 57.4 Å². The molecule has 1 aliphatic rings. The first-order chi connectivity index (χ1) is 22.1. The summed E-state index contributed by atoms with van der Waals surface area (Å²) in [6, 6.07) is 15.2. The zero-order valence-corrected chi connectivity index (χ0v) is 27.8. The van der Waals surface area contributed by atoms with Gasteiger partial charge in [-0.05, 0) is 72.1 Å². The second kappa shape index (κ2) is 13.5. The van der Waals surface area contributed by atoms with Crippen LogP contribution in [0.4, 0.5) is 4.39 Å². The average molecular weight is 660 g/mol. The number of pyridine rings is 1. The smallest absolute Gasteiger partial charge is 0.306 e. The molecule has 0 spiro atoms. The standard InChI is InChI=1S/C36H38FN3O4S2/c1-22(35(41)42)16-23-6-4-7-24(17-23)26-8-5-12-36(2,3)21-46(43)15-11-28-27-10-14-38-30(27)19-29(37)33(28)45-25-9-13-39-31(18-25)34-40-32(26)20-44-34/h4,6-7,9-10,13-14,17-20,22,26,38H,5,8,11-12,15-16,21H2,1-3H3,(H,41,42). The molecule has 0 amide bonds. The lowest BCUT2D eigenvalue weighted by Gasteiger charge is -2.25. The molecule has 4 bridgehead atoms. The molecule has 6 rings (SSSR count). The molecule has 1 aliphatic heterocycles. The number of rotatable bonds is 4. The summed E-state index contributed by atoms with van der Waals surface area (Å²) in [4.78, 5) is 25.4. The van der Waals surface area contributed by atoms with Gasteiger partial charge in [0.15, 0.2) is 0 Å². The normalized spacial score (nSPS) is 19.6. The minimum absolute atomic E-state index is 0.0833. The molecule has 3 aromatic heterocycles. The largest absolute Gasteiger partial charge is 0.481 e. The minimum atomic E-state index is -1.09. The number of hydrogen-bond donors (Lipinski definition) is 2. The summed E-state index contributed by atoms with van der Waals surface area (Å²) in [6.07, 6.45) is 8.63. The quantitative estimate of drug-likeness (QED) is 0.199. The molecule has 3 atom stereocenters. The first kappa shape index (κ1) is 32.2. The zero-order chi connectivity index (χ0) is 32.4. The van der Waals surface area contributed by atoms with Gasteiger partial charge in [-0.3, -0.25) is 14.0 Å². The van der Waals surface area contributed by atoms with Crippen LogP contribution in [0.2, 0.25) is 0 Å². The van der Waals surface area contributed by atoms with Crippen LogP contribution in [0.3, 0.4) is 0 Å². The highest BCUT2D eigenvalue weighted by molar-refractivity contribution is 7.99. The summed E-state index contributed by atoms with van der Waals surface area (Å²) in [5, 5.41) is 10.4. The van der Waals surface area contributed by atoms with Gasteiger partial charge < -0.3 is 14.5 Å². The van der Waals surface area contributed by atoms with Gasteiger partial charge >= 0.3 is 5.97 Å². The van der Waals surface area contributed by atoms with E-state index in [1.165, 1.54) is 17.8 Å². The fourth-order valence-electron chi connectivity index (χ4n) is 6.30. The van der Waals surface area contributed by atoms with Gasteiger partial charge in [-0.2, -0.15) is 0 Å². The van der Waals surface area contributed by atoms with Crippen molar-refractivity contribution in [3.05, 3.63) is 95.4 Å². The van der Waals surface area contributed by atoms with Crippen molar-refractivity contribution in [1.29, 1.82) is 0 Å². The topological polar surface area (TPSA) is 109 Å². The maximum atomic E-state index is 15.6. The Kier molecular flexibility index (Phi) is 9.47. The maximum Gasteiger partial charge on any atom is 0.306 e. The van der Waals surface area contributed by atoms with Gasteiger partial charge in [-0.1, -0.05) is 63.2 Å². The number of fused-ring (bicyclic) bond motifs is 8. The molecular formula is C36H38FN3O4S2. The predicted molar refractivity (Wildman–Crippen MR) is 180 cm³/mol. The summed E-state index contributed by atoms with van der Waals surface area (Å²) in [7, 11) is -1.09. The highest BCUT2D eigenvalue weighted by Gasteiger charge is 2.26. The number of H-pyrrole nitrogens is 1. The molecule has 0 saturated heterocycles. The first-order valence-corrected chi connectivity index (χ1v) is 17.9. The Hall–Kier alpha value is -3.76. The van der Waals surface area contributed by atoms with Crippen molar-refractivity contribution >= 4 is 39.4 Å². The summed E-state index contributed by atoms with van der Waals surface area (Å²) >= 11 is 1.33. The van der Waals surface area contributed by atoms with Crippen LogP contribution < -0.4 is 0 Å². The van der Waals surface area contributed by atoms with Gasteiger partial charge in [0.05, 0.1) is 16.5 Å². The number of oxazole rings is 1. The first-order valence-electron chi connectivity index (χ1n) is 15.6. The van der Waals surface area contributed by atoms with Crippen LogP contribution >= 0.6 is 11.8 Å². The second-order valence-electron chi connectivity index (χ2n) is 13.0. The average Bonchev–Trinajstić information content (AvgIpc) is 3.69. The minimum Gasteiger partial charge on any atom is -0.481 e. The molecule has 4 heterocycles. The number of nitrogens with zero attached hydrogens (tertiary/aromatic N) is 2. The van der Waals surface area contributed by atoms with Gasteiger partial charge in [0.2, 0.25) is 5.89 Å². The number of carboxylic acid groups (broad SMARTS) is 1. The molecule has 0 aliphatic carbocycles. The van der Waals surface area contributed by atoms with Crippen LogP contribution in [0.5, 0.6) is 0 Å². The lowest BCUT2D eigenvalue weighted by atomic mass is 9.84. The number of benzene rings is 2. The Balaban J connectivity index is 1.40. The molecule has 2 aromatic carbocycles. The molecule has 3 unspecified atom stereocenters. The Morgan fingerprint density at radius 1 is 1.24 bits per heavy atom. The summed E-state index contributed by atoms with van der Waals surface area (Å²) in [5.41, 5.74) is 4.74. The third-order valence-corrected chi connectivity index (χ3v) is 11.6. The third-order valence-electron chi connectivity index (χ3n) is 8.71. The molecule has 7 nitrogen and oxygen atoms in total. The SMILES string of the molecule is CC(Cc1cccc(C2CCCC(C)(C)CS(=O)CCc3c(c(F)cc4[nH]ccc34)Sc3ccnc(c3)-c3nc2co3)c1)C(=O)O. The number of carboxylic acids is 1. The number of aryl methyl sites for hydroxylation is 1. The fraction of sp³-hybridized carbons (Fsp3) is 0.361. The Bertz CT molecular complexity index is 1900. The van der Waals surface area contributed by atoms with E-state index in [2.05, 4.69) is 35.9 Å². The Labute approximate surface area is 274 Å². The van der Waals surface area contributed by atoms with E-state index >= 15 is 4.39 Å². The summed E-state index contributed by atoms with van der Waals surface area (Å²) in [5.74, 6) is -0.335. The van der Waals surface area contributed by atoms with E-state index in [1.807, 2.05) is 36.5 Å². The number of aliphatic carboxylic acids is 1. The van der Waals surface area contributed by atoms with E-state index in [0.29, 0.717) is 40.8 Å². The molecule has 0 saturated carbocycles. The van der Waals surface area contributed by atoms with Crippen LogP contribution in [-0.4, -0.2) is 41.7 Å². The number of carbonyl (C=O) groups is 1. The molecule has 2 N–H and O–H groups in total. The van der Waals surface area contributed by atoms with Gasteiger partial charge in [0, 0.05) is 56.4 Å². The predicted octanol–water partition coefficient (Wildman–Crippen LogP) is 8.40. The lowest BCUT2D eigenvalue weighted by Crippen LogP contribution is -2.23. The number of aromatic nitrogens is 3. The number of hydrogen-bond acceptors (Lipinski definition) is 6. The molecule has 5 aromatic rings. The van der Waals surface area contributed by atoms with Crippen molar-refractivity contribution in [1.82, 2.24) is 15.0 Å². The van der Waals surface area contributed by atoms with Crippen LogP contribution in [0.1, 0.15) is 68.3 Å². The number of nitrogens with one attached hydrogen (secondary N) is 1. The number of halogens is 1. The monoisotopic (exact) mass is 659 g/mol. The van der Waals surface area contributed by atoms with Gasteiger partial charge in [0.1, 0.15) is 17.8 Å². The summed E-state index contributed by atoms with van der Waals surface area (Å²) in [6.45, 7) is 6.04. The zero-order valence-electron chi connectivity index (χ0n) is 26.2. The van der Waals surface area contributed by atoms with Crippen LogP contribution in [0.25, 0.3) is 22.5 Å². The second-order valence-corrected chi connectivity index (χ2v) is 15.7. The highest BCUT2D eigenvalue weighted by atomic mass is 32.2. The molecule has 0 radical (unpaired) electrons. The van der Waals surface area contributed by atoms with E-state index < -0.39 is 22.7 Å².